The Morgan fingerprint density at radius 2 is 1.65 bits per heavy atom. The van der Waals surface area contributed by atoms with Gasteiger partial charge in [-0.15, -0.1) is 0 Å². The Kier molecular flexibility index (Phi) is 5.41. The Morgan fingerprint density at radius 3 is 2.15 bits per heavy atom. The molecule has 116 valence electrons. The number of carboxylic acids is 1. The number of hydrogen-bond donors (Lipinski definition) is 1. The number of nitrogens with zero attached hydrogens (tertiary/aromatic N) is 3. The second-order valence-corrected chi connectivity index (χ2v) is 6.41. The van der Waals surface area contributed by atoms with Gasteiger partial charge in [0.05, 0.1) is 0 Å². The maximum absolute atomic E-state index is 11.0. The molecule has 0 bridgehead atoms. The lowest BCUT2D eigenvalue weighted by Gasteiger charge is -2.38. The van der Waals surface area contributed by atoms with Crippen molar-refractivity contribution >= 4 is 5.97 Å². The van der Waals surface area contributed by atoms with Gasteiger partial charge in [0.15, 0.2) is 0 Å². The summed E-state index contributed by atoms with van der Waals surface area (Å²) in [6, 6.07) is 1.09. The molecule has 3 atom stereocenters. The van der Waals surface area contributed by atoms with E-state index in [1.54, 1.807) is 6.92 Å². The van der Waals surface area contributed by atoms with E-state index in [1.807, 2.05) is 0 Å². The first-order valence-electron chi connectivity index (χ1n) is 7.94. The van der Waals surface area contributed by atoms with E-state index in [1.165, 1.54) is 12.8 Å². The van der Waals surface area contributed by atoms with E-state index in [0.29, 0.717) is 0 Å². The summed E-state index contributed by atoms with van der Waals surface area (Å²) in [7, 11) is 0. The summed E-state index contributed by atoms with van der Waals surface area (Å²) in [6.45, 7) is 12.4. The van der Waals surface area contributed by atoms with Gasteiger partial charge in [-0.25, -0.2) is 0 Å². The average molecular weight is 283 g/mol. The fourth-order valence-electron chi connectivity index (χ4n) is 3.48. The van der Waals surface area contributed by atoms with Crippen LogP contribution in [0.3, 0.4) is 0 Å². The van der Waals surface area contributed by atoms with E-state index in [-0.39, 0.29) is 6.04 Å². The molecule has 1 N–H and O–H groups in total. The zero-order valence-electron chi connectivity index (χ0n) is 13.1. The van der Waals surface area contributed by atoms with Crippen molar-refractivity contribution in [3.05, 3.63) is 0 Å². The first-order valence-corrected chi connectivity index (χ1v) is 7.94. The van der Waals surface area contributed by atoms with Gasteiger partial charge in [0.1, 0.15) is 6.04 Å². The molecule has 2 heterocycles. The molecule has 5 nitrogen and oxygen atoms in total. The lowest BCUT2D eigenvalue weighted by molar-refractivity contribution is -0.143. The van der Waals surface area contributed by atoms with Crippen molar-refractivity contribution in [3.63, 3.8) is 0 Å². The predicted molar refractivity (Wildman–Crippen MR) is 80.0 cm³/mol. The van der Waals surface area contributed by atoms with E-state index in [4.69, 9.17) is 5.11 Å². The van der Waals surface area contributed by atoms with Crippen LogP contribution < -0.4 is 0 Å². The molecule has 0 amide bonds. The minimum Gasteiger partial charge on any atom is -0.480 e. The number of aliphatic carboxylic acids is 1. The number of carboxylic acid groups (broad SMARTS) is 1. The molecule has 0 aromatic carbocycles. The molecule has 2 saturated heterocycles. The summed E-state index contributed by atoms with van der Waals surface area (Å²) >= 11 is 0. The summed E-state index contributed by atoms with van der Waals surface area (Å²) in [5.74, 6) is -0.710. The molecular formula is C15H29N3O2. The number of rotatable bonds is 5. The van der Waals surface area contributed by atoms with Gasteiger partial charge in [0.2, 0.25) is 0 Å². The van der Waals surface area contributed by atoms with Gasteiger partial charge >= 0.3 is 5.97 Å². The van der Waals surface area contributed by atoms with Crippen LogP contribution in [-0.4, -0.2) is 83.2 Å². The summed E-state index contributed by atoms with van der Waals surface area (Å²) < 4.78 is 0. The minimum atomic E-state index is -0.710. The highest BCUT2D eigenvalue weighted by Gasteiger charge is 2.28. The number of carbonyl (C=O) groups is 1. The van der Waals surface area contributed by atoms with Gasteiger partial charge in [-0.2, -0.15) is 0 Å². The number of hydrogen-bond acceptors (Lipinski definition) is 4. The van der Waals surface area contributed by atoms with Crippen molar-refractivity contribution in [2.75, 3.05) is 39.3 Å². The lowest BCUT2D eigenvalue weighted by Crippen LogP contribution is -2.53. The van der Waals surface area contributed by atoms with Crippen LogP contribution in [0.15, 0.2) is 0 Å². The van der Waals surface area contributed by atoms with Crippen LogP contribution in [0, 0.1) is 0 Å². The van der Waals surface area contributed by atoms with Crippen LogP contribution in [0.1, 0.15) is 33.6 Å². The van der Waals surface area contributed by atoms with Gasteiger partial charge in [-0.3, -0.25) is 19.5 Å². The third-order valence-corrected chi connectivity index (χ3v) is 5.12. The molecule has 2 fully saturated rings. The zero-order chi connectivity index (χ0) is 14.7. The molecule has 2 aliphatic heterocycles. The monoisotopic (exact) mass is 283 g/mol. The maximum Gasteiger partial charge on any atom is 0.320 e. The number of piperazine rings is 1. The quantitative estimate of drug-likeness (QED) is 0.814. The molecule has 5 heteroatoms. The smallest absolute Gasteiger partial charge is 0.320 e. The average Bonchev–Trinajstić information content (AvgIpc) is 2.75. The van der Waals surface area contributed by atoms with Crippen LogP contribution in [0.5, 0.6) is 0 Å². The topological polar surface area (TPSA) is 47.0 Å². The van der Waals surface area contributed by atoms with Crippen LogP contribution >= 0.6 is 0 Å². The Balaban J connectivity index is 1.71. The van der Waals surface area contributed by atoms with Crippen molar-refractivity contribution in [1.82, 2.24) is 14.7 Å². The zero-order valence-corrected chi connectivity index (χ0v) is 13.1. The summed E-state index contributed by atoms with van der Waals surface area (Å²) in [5, 5.41) is 9.04. The molecule has 2 aliphatic rings. The van der Waals surface area contributed by atoms with Crippen molar-refractivity contribution < 1.29 is 9.90 Å². The summed E-state index contributed by atoms with van der Waals surface area (Å²) in [6.07, 6.45) is 2.65. The van der Waals surface area contributed by atoms with Crippen LogP contribution in [0.25, 0.3) is 0 Å². The van der Waals surface area contributed by atoms with Crippen molar-refractivity contribution in [2.45, 2.75) is 51.7 Å². The van der Waals surface area contributed by atoms with E-state index < -0.39 is 5.97 Å². The van der Waals surface area contributed by atoms with E-state index >= 15 is 0 Å². The molecule has 20 heavy (non-hydrogen) atoms. The normalized spacial score (nSPS) is 31.6. The molecule has 0 aliphatic carbocycles. The first-order chi connectivity index (χ1) is 9.49. The first kappa shape index (κ1) is 15.7. The Hall–Kier alpha value is -0.650. The third kappa shape index (κ3) is 3.71. The van der Waals surface area contributed by atoms with E-state index in [9.17, 15) is 4.79 Å². The van der Waals surface area contributed by atoms with E-state index in [0.717, 1.165) is 51.4 Å². The fourth-order valence-corrected chi connectivity index (χ4v) is 3.48. The second kappa shape index (κ2) is 6.87. The number of likely N-dealkylation sites (tertiary alicyclic amines) is 1. The van der Waals surface area contributed by atoms with Gasteiger partial charge in [-0.1, -0.05) is 0 Å². The molecule has 0 saturated carbocycles. The van der Waals surface area contributed by atoms with Gasteiger partial charge in [-0.05, 0) is 33.6 Å². The SMILES string of the molecule is C[C@H](C(=O)O)N1CCN(CCN2[C@H](C)CC[C@H]2C)CC1. The Labute approximate surface area is 122 Å². The van der Waals surface area contributed by atoms with Crippen LogP contribution in [0.4, 0.5) is 0 Å². The standard InChI is InChI=1S/C15H29N3O2/c1-12-4-5-13(2)18(12)11-8-16-6-9-17(10-7-16)14(3)15(19)20/h12-14H,4-11H2,1-3H3,(H,19,20)/t12-,13-,14-/m1/s1. The molecular weight excluding hydrogens is 254 g/mol. The molecule has 2 rings (SSSR count). The lowest BCUT2D eigenvalue weighted by atomic mass is 10.2. The van der Waals surface area contributed by atoms with Crippen LogP contribution in [0.2, 0.25) is 0 Å². The molecule has 0 aromatic rings. The fraction of sp³-hybridized carbons (Fsp3) is 0.933. The Morgan fingerprint density at radius 1 is 1.10 bits per heavy atom. The highest BCUT2D eigenvalue weighted by atomic mass is 16.4. The highest BCUT2D eigenvalue weighted by Crippen LogP contribution is 2.22. The largest absolute Gasteiger partial charge is 0.480 e. The molecule has 0 aromatic heterocycles. The molecule has 0 unspecified atom stereocenters. The Bertz CT molecular complexity index is 319. The summed E-state index contributed by atoms with van der Waals surface area (Å²) in [4.78, 5) is 18.2. The van der Waals surface area contributed by atoms with Crippen molar-refractivity contribution in [3.8, 4) is 0 Å². The maximum atomic E-state index is 11.0. The van der Waals surface area contributed by atoms with Crippen LogP contribution in [-0.2, 0) is 4.79 Å². The predicted octanol–water partition coefficient (Wildman–Crippen LogP) is 0.950. The van der Waals surface area contributed by atoms with E-state index in [2.05, 4.69) is 28.5 Å². The third-order valence-electron chi connectivity index (χ3n) is 5.12. The second-order valence-electron chi connectivity index (χ2n) is 6.41. The highest BCUT2D eigenvalue weighted by molar-refractivity contribution is 5.72. The van der Waals surface area contributed by atoms with Crippen molar-refractivity contribution in [1.29, 1.82) is 0 Å². The molecule has 0 radical (unpaired) electrons. The van der Waals surface area contributed by atoms with Crippen molar-refractivity contribution in [2.24, 2.45) is 0 Å². The summed E-state index contributed by atoms with van der Waals surface area (Å²) in [5.41, 5.74) is 0. The van der Waals surface area contributed by atoms with Gasteiger partial charge in [0, 0.05) is 51.4 Å². The van der Waals surface area contributed by atoms with Gasteiger partial charge in [0.25, 0.3) is 0 Å². The molecule has 0 spiro atoms. The van der Waals surface area contributed by atoms with Gasteiger partial charge < -0.3 is 5.11 Å². The minimum absolute atomic E-state index is 0.351.